The lowest BCUT2D eigenvalue weighted by atomic mass is 9.94. The lowest BCUT2D eigenvalue weighted by molar-refractivity contribution is -0.112. The van der Waals surface area contributed by atoms with Crippen LogP contribution in [0.25, 0.3) is 0 Å². The van der Waals surface area contributed by atoms with Crippen LogP contribution in [0, 0.1) is 13.8 Å². The van der Waals surface area contributed by atoms with Gasteiger partial charge in [0.15, 0.2) is 5.78 Å². The summed E-state index contributed by atoms with van der Waals surface area (Å²) in [5.41, 5.74) is 5.99. The number of carbonyl (C=O) groups excluding carboxylic acids is 1. The van der Waals surface area contributed by atoms with E-state index in [1.54, 1.807) is 0 Å². The van der Waals surface area contributed by atoms with Crippen LogP contribution in [0.5, 0.6) is 0 Å². The van der Waals surface area contributed by atoms with Crippen molar-refractivity contribution < 1.29 is 4.79 Å². The maximum absolute atomic E-state index is 12.7. The number of rotatable bonds is 2. The summed E-state index contributed by atoms with van der Waals surface area (Å²) in [6.45, 7) is 11.1. The van der Waals surface area contributed by atoms with E-state index < -0.39 is 8.07 Å². The first-order valence-electron chi connectivity index (χ1n) is 8.08. The summed E-state index contributed by atoms with van der Waals surface area (Å²) in [4.78, 5) is 17.5. The van der Waals surface area contributed by atoms with E-state index >= 15 is 0 Å². The minimum Gasteiger partial charge on any atom is -0.292 e. The summed E-state index contributed by atoms with van der Waals surface area (Å²) in [6.07, 6.45) is 0.474. The highest BCUT2D eigenvalue weighted by Gasteiger charge is 2.28. The van der Waals surface area contributed by atoms with Gasteiger partial charge < -0.3 is 0 Å². The van der Waals surface area contributed by atoms with E-state index in [-0.39, 0.29) is 5.78 Å². The molecule has 118 valence electrons. The van der Waals surface area contributed by atoms with Crippen LogP contribution in [0.4, 0.5) is 5.69 Å². The molecule has 2 aromatic rings. The number of carbonyl (C=O) groups is 1. The van der Waals surface area contributed by atoms with Gasteiger partial charge in [0.05, 0.1) is 13.8 Å². The summed E-state index contributed by atoms with van der Waals surface area (Å²) in [5, 5.41) is 1.35. The minimum absolute atomic E-state index is 0.133. The summed E-state index contributed by atoms with van der Waals surface area (Å²) in [5.74, 6) is 0.133. The zero-order chi connectivity index (χ0) is 16.8. The van der Waals surface area contributed by atoms with Gasteiger partial charge in [-0.3, -0.25) is 4.79 Å². The number of aryl methyl sites for hydroxylation is 2. The molecule has 1 heterocycles. The van der Waals surface area contributed by atoms with E-state index in [2.05, 4.69) is 63.8 Å². The zero-order valence-electron chi connectivity index (χ0n) is 14.5. The lowest BCUT2D eigenvalue weighted by Crippen LogP contribution is -2.41. The third-order valence-electron chi connectivity index (χ3n) is 4.29. The Kier molecular flexibility index (Phi) is 3.84. The second-order valence-corrected chi connectivity index (χ2v) is 12.5. The van der Waals surface area contributed by atoms with Crippen molar-refractivity contribution in [3.05, 3.63) is 58.7 Å². The second kappa shape index (κ2) is 5.57. The van der Waals surface area contributed by atoms with Crippen LogP contribution in [0.1, 0.15) is 22.3 Å². The number of fused-ring (bicyclic) bond motifs is 1. The molecule has 2 aromatic carbocycles. The van der Waals surface area contributed by atoms with Gasteiger partial charge in [-0.25, -0.2) is 4.99 Å². The highest BCUT2D eigenvalue weighted by molar-refractivity contribution is 6.89. The van der Waals surface area contributed by atoms with Crippen LogP contribution < -0.4 is 5.19 Å². The average Bonchev–Trinajstić information content (AvgIpc) is 2.43. The number of ketones is 1. The molecule has 0 atom stereocenters. The summed E-state index contributed by atoms with van der Waals surface area (Å²) >= 11 is 0. The van der Waals surface area contributed by atoms with Crippen molar-refractivity contribution in [3.63, 3.8) is 0 Å². The van der Waals surface area contributed by atoms with Gasteiger partial charge in [-0.05, 0) is 37.6 Å². The van der Waals surface area contributed by atoms with Crippen LogP contribution in [0.15, 0.2) is 41.4 Å². The van der Waals surface area contributed by atoms with E-state index in [1.807, 2.05) is 6.07 Å². The van der Waals surface area contributed by atoms with Crippen molar-refractivity contribution >= 4 is 30.4 Å². The van der Waals surface area contributed by atoms with Crippen LogP contribution in [0.2, 0.25) is 19.6 Å². The van der Waals surface area contributed by atoms with Gasteiger partial charge in [-0.1, -0.05) is 54.2 Å². The molecule has 0 aliphatic carbocycles. The fourth-order valence-electron chi connectivity index (χ4n) is 3.33. The molecule has 0 radical (unpaired) electrons. The molecule has 0 aromatic heterocycles. The molecule has 0 saturated heterocycles. The van der Waals surface area contributed by atoms with E-state index in [0.717, 1.165) is 27.9 Å². The summed E-state index contributed by atoms with van der Waals surface area (Å²) < 4.78 is 0. The fourth-order valence-corrected chi connectivity index (χ4v) is 5.05. The Labute approximate surface area is 139 Å². The van der Waals surface area contributed by atoms with E-state index in [9.17, 15) is 4.79 Å². The van der Waals surface area contributed by atoms with Gasteiger partial charge in [-0.15, -0.1) is 0 Å². The van der Waals surface area contributed by atoms with Crippen molar-refractivity contribution in [1.82, 2.24) is 0 Å². The van der Waals surface area contributed by atoms with Gasteiger partial charge in [0.25, 0.3) is 0 Å². The first kappa shape index (κ1) is 15.9. The highest BCUT2D eigenvalue weighted by Crippen LogP contribution is 2.27. The first-order chi connectivity index (χ1) is 10.8. The fraction of sp³-hybridized carbons (Fsp3) is 0.300. The Balaban J connectivity index is 2.16. The minimum atomic E-state index is -1.48. The number of aliphatic imine (C=N–C) groups is 1. The highest BCUT2D eigenvalue weighted by atomic mass is 28.3. The standard InChI is InChI=1S/C20H23NOSi/c1-13-9-14(2)11-15(10-13)20-18(22)12-16-17(21-20)7-6-8-19(16)23(3,4)5/h6-11H,12H2,1-5H3. The molecule has 0 fully saturated rings. The molecule has 1 aliphatic rings. The zero-order valence-corrected chi connectivity index (χ0v) is 15.5. The van der Waals surface area contributed by atoms with Crippen molar-refractivity contribution in [2.24, 2.45) is 4.99 Å². The molecule has 0 bridgehead atoms. The molecule has 23 heavy (non-hydrogen) atoms. The summed E-state index contributed by atoms with van der Waals surface area (Å²) in [7, 11) is -1.48. The quantitative estimate of drug-likeness (QED) is 0.766. The van der Waals surface area contributed by atoms with Gasteiger partial charge in [-0.2, -0.15) is 0 Å². The van der Waals surface area contributed by atoms with Crippen LogP contribution in [0.3, 0.4) is 0 Å². The first-order valence-corrected chi connectivity index (χ1v) is 11.6. The predicted octanol–water partition coefficient (Wildman–Crippen LogP) is 4.09. The SMILES string of the molecule is Cc1cc(C)cc(C2=Nc3cccc([Si](C)(C)C)c3CC2=O)c1. The third-order valence-corrected chi connectivity index (χ3v) is 6.37. The lowest BCUT2D eigenvalue weighted by Gasteiger charge is -2.24. The molecule has 0 unspecified atom stereocenters. The number of hydrogen-bond acceptors (Lipinski definition) is 2. The van der Waals surface area contributed by atoms with Gasteiger partial charge in [0.2, 0.25) is 0 Å². The van der Waals surface area contributed by atoms with Crippen LogP contribution >= 0.6 is 0 Å². The van der Waals surface area contributed by atoms with E-state index in [4.69, 9.17) is 4.99 Å². The van der Waals surface area contributed by atoms with Crippen LogP contribution in [-0.2, 0) is 11.2 Å². The topological polar surface area (TPSA) is 29.4 Å². The Hall–Kier alpha value is -2.00. The van der Waals surface area contributed by atoms with Crippen molar-refractivity contribution in [2.75, 3.05) is 0 Å². The molecular formula is C20H23NOSi. The van der Waals surface area contributed by atoms with Crippen molar-refractivity contribution in [2.45, 2.75) is 39.9 Å². The number of nitrogens with zero attached hydrogens (tertiary/aromatic N) is 1. The normalized spacial score (nSPS) is 14.5. The molecule has 0 amide bonds. The smallest absolute Gasteiger partial charge is 0.186 e. The monoisotopic (exact) mass is 321 g/mol. The molecule has 0 saturated carbocycles. The van der Waals surface area contributed by atoms with E-state index in [0.29, 0.717) is 12.1 Å². The molecule has 2 nitrogen and oxygen atoms in total. The summed E-state index contributed by atoms with van der Waals surface area (Å²) in [6, 6.07) is 12.5. The Morgan fingerprint density at radius 1 is 1.00 bits per heavy atom. The average molecular weight is 321 g/mol. The number of Topliss-reactive ketones (excluding diaryl/α,β-unsaturated/α-hetero) is 1. The predicted molar refractivity (Wildman–Crippen MR) is 100 cm³/mol. The molecule has 3 rings (SSSR count). The van der Waals surface area contributed by atoms with Crippen molar-refractivity contribution in [3.8, 4) is 0 Å². The Bertz CT molecular complexity index is 808. The van der Waals surface area contributed by atoms with E-state index in [1.165, 1.54) is 5.19 Å². The van der Waals surface area contributed by atoms with Gasteiger partial charge in [0, 0.05) is 12.0 Å². The Morgan fingerprint density at radius 3 is 2.26 bits per heavy atom. The number of hydrogen-bond donors (Lipinski definition) is 0. The van der Waals surface area contributed by atoms with Gasteiger partial charge in [0.1, 0.15) is 5.71 Å². The molecule has 1 aliphatic heterocycles. The van der Waals surface area contributed by atoms with Crippen LogP contribution in [-0.4, -0.2) is 19.6 Å². The van der Waals surface area contributed by atoms with Crippen molar-refractivity contribution in [1.29, 1.82) is 0 Å². The molecular weight excluding hydrogens is 298 g/mol. The largest absolute Gasteiger partial charge is 0.292 e. The second-order valence-electron chi connectivity index (χ2n) is 7.49. The molecule has 0 N–H and O–H groups in total. The van der Waals surface area contributed by atoms with Gasteiger partial charge >= 0.3 is 0 Å². The third kappa shape index (κ3) is 3.06. The number of benzene rings is 2. The molecule has 3 heteroatoms. The maximum atomic E-state index is 12.7. The Morgan fingerprint density at radius 2 is 1.65 bits per heavy atom. The molecule has 0 spiro atoms. The maximum Gasteiger partial charge on any atom is 0.186 e.